The minimum absolute atomic E-state index is 0.211. The molecule has 3 N–H and O–H groups in total. The van der Waals surface area contributed by atoms with Crippen molar-refractivity contribution in [1.29, 1.82) is 0 Å². The normalized spacial score (nSPS) is 20.1. The molecule has 0 saturated carbocycles. The Morgan fingerprint density at radius 1 is 1.03 bits per heavy atom. The zero-order chi connectivity index (χ0) is 22.2. The summed E-state index contributed by atoms with van der Waals surface area (Å²) in [4.78, 5) is 28.9. The summed E-state index contributed by atoms with van der Waals surface area (Å²) in [6.07, 6.45) is 17.7. The number of phosphoric acid groups is 1. The van der Waals surface area contributed by atoms with Gasteiger partial charge in [0.25, 0.3) is 0 Å². The number of aliphatic hydroxyl groups excluding tert-OH is 1. The minimum atomic E-state index is -4.65. The van der Waals surface area contributed by atoms with E-state index in [2.05, 4.69) is 35.8 Å². The number of ether oxygens (including phenoxy) is 2. The standard InChI is InChI=1S/C21H37O8P/c1-2-3-10-13-19-20(29-19)14-11-8-6-4-5-7-9-12-15-21(23)28-18(16-22)17-27-30(24,25)26/h3,8,10-11,18-20,22H,2,4-7,9,12-17H2,1H3,(H2,24,25,26)/b10-3-,11-8-. The molecule has 8 nitrogen and oxygen atoms in total. The van der Waals surface area contributed by atoms with Crippen molar-refractivity contribution in [1.82, 2.24) is 0 Å². The third-order valence-corrected chi connectivity index (χ3v) is 5.16. The van der Waals surface area contributed by atoms with Crippen LogP contribution in [0.2, 0.25) is 0 Å². The predicted molar refractivity (Wildman–Crippen MR) is 114 cm³/mol. The second-order valence-electron chi connectivity index (χ2n) is 7.42. The van der Waals surface area contributed by atoms with Gasteiger partial charge in [0.15, 0.2) is 0 Å². The molecular formula is C21H37O8P. The first-order chi connectivity index (χ1) is 14.4. The van der Waals surface area contributed by atoms with E-state index in [0.717, 1.165) is 51.4 Å². The number of unbranched alkanes of at least 4 members (excludes halogenated alkanes) is 5. The molecule has 0 aromatic carbocycles. The fourth-order valence-corrected chi connectivity index (χ4v) is 3.31. The van der Waals surface area contributed by atoms with Crippen molar-refractivity contribution in [3.63, 3.8) is 0 Å². The first-order valence-corrected chi connectivity index (χ1v) is 12.3. The van der Waals surface area contributed by atoms with Gasteiger partial charge < -0.3 is 24.4 Å². The molecular weight excluding hydrogens is 411 g/mol. The first-order valence-electron chi connectivity index (χ1n) is 10.8. The zero-order valence-electron chi connectivity index (χ0n) is 17.9. The number of phosphoric ester groups is 1. The van der Waals surface area contributed by atoms with Crippen LogP contribution in [0.5, 0.6) is 0 Å². The van der Waals surface area contributed by atoms with Crippen LogP contribution in [0.15, 0.2) is 24.3 Å². The van der Waals surface area contributed by atoms with Gasteiger partial charge in [0.2, 0.25) is 0 Å². The molecule has 9 heteroatoms. The maximum atomic E-state index is 11.7. The molecule has 30 heavy (non-hydrogen) atoms. The van der Waals surface area contributed by atoms with Crippen LogP contribution in [0.25, 0.3) is 0 Å². The average Bonchev–Trinajstić information content (AvgIpc) is 3.44. The minimum Gasteiger partial charge on any atom is -0.457 e. The van der Waals surface area contributed by atoms with E-state index in [1.165, 1.54) is 0 Å². The topological polar surface area (TPSA) is 126 Å². The quantitative estimate of drug-likeness (QED) is 0.0950. The van der Waals surface area contributed by atoms with Gasteiger partial charge in [-0.2, -0.15) is 0 Å². The number of aliphatic hydroxyl groups is 1. The maximum absolute atomic E-state index is 11.7. The summed E-state index contributed by atoms with van der Waals surface area (Å²) in [6.45, 7) is 1.04. The van der Waals surface area contributed by atoms with Crippen molar-refractivity contribution in [2.45, 2.75) is 89.4 Å². The van der Waals surface area contributed by atoms with E-state index in [0.29, 0.717) is 18.6 Å². The maximum Gasteiger partial charge on any atom is 0.469 e. The Bertz CT molecular complexity index is 571. The van der Waals surface area contributed by atoms with Gasteiger partial charge in [0.1, 0.15) is 6.10 Å². The Morgan fingerprint density at radius 3 is 2.30 bits per heavy atom. The third kappa shape index (κ3) is 14.9. The van der Waals surface area contributed by atoms with Gasteiger partial charge in [-0.1, -0.05) is 50.5 Å². The van der Waals surface area contributed by atoms with Crippen molar-refractivity contribution in [2.75, 3.05) is 13.2 Å². The van der Waals surface area contributed by atoms with Crippen molar-refractivity contribution in [3.05, 3.63) is 24.3 Å². The van der Waals surface area contributed by atoms with E-state index in [4.69, 9.17) is 24.4 Å². The SMILES string of the molecule is CC/C=C\CC1OC1C/C=C\CCCCCCCC(=O)OC(CO)COP(=O)(O)O. The van der Waals surface area contributed by atoms with Crippen LogP contribution in [0.1, 0.15) is 71.1 Å². The van der Waals surface area contributed by atoms with Crippen LogP contribution in [0.4, 0.5) is 0 Å². The van der Waals surface area contributed by atoms with Gasteiger partial charge in [-0.3, -0.25) is 9.32 Å². The number of carbonyl (C=O) groups is 1. The molecule has 1 aliphatic heterocycles. The van der Waals surface area contributed by atoms with E-state index in [1.807, 2.05) is 0 Å². The molecule has 0 aliphatic carbocycles. The van der Waals surface area contributed by atoms with Gasteiger partial charge in [-0.15, -0.1) is 0 Å². The number of rotatable bonds is 18. The Morgan fingerprint density at radius 2 is 1.67 bits per heavy atom. The number of carbonyl (C=O) groups excluding carboxylic acids is 1. The fourth-order valence-electron chi connectivity index (χ4n) is 2.95. The number of esters is 1. The summed E-state index contributed by atoms with van der Waals surface area (Å²) in [5.74, 6) is -0.503. The number of hydrogen-bond acceptors (Lipinski definition) is 6. The van der Waals surface area contributed by atoms with E-state index in [-0.39, 0.29) is 6.42 Å². The summed E-state index contributed by atoms with van der Waals surface area (Å²) in [5, 5.41) is 9.07. The van der Waals surface area contributed by atoms with Crippen molar-refractivity contribution < 1.29 is 38.3 Å². The molecule has 174 valence electrons. The van der Waals surface area contributed by atoms with Crippen LogP contribution < -0.4 is 0 Å². The van der Waals surface area contributed by atoms with E-state index in [1.54, 1.807) is 0 Å². The zero-order valence-corrected chi connectivity index (χ0v) is 18.8. The van der Waals surface area contributed by atoms with Gasteiger partial charge in [-0.05, 0) is 38.5 Å². The molecule has 0 aromatic heterocycles. The molecule has 1 saturated heterocycles. The average molecular weight is 448 g/mol. The van der Waals surface area contributed by atoms with Gasteiger partial charge in [0, 0.05) is 6.42 Å². The number of hydrogen-bond donors (Lipinski definition) is 3. The van der Waals surface area contributed by atoms with Crippen LogP contribution in [-0.4, -0.2) is 52.4 Å². The predicted octanol–water partition coefficient (Wildman–Crippen LogP) is 3.80. The lowest BCUT2D eigenvalue weighted by Crippen LogP contribution is -2.26. The lowest BCUT2D eigenvalue weighted by molar-refractivity contribution is -0.153. The van der Waals surface area contributed by atoms with Crippen LogP contribution in [0, 0.1) is 0 Å². The molecule has 3 atom stereocenters. The number of epoxide rings is 1. The summed E-state index contributed by atoms with van der Waals surface area (Å²) in [6, 6.07) is 0. The molecule has 0 aromatic rings. The van der Waals surface area contributed by atoms with E-state index < -0.39 is 33.1 Å². The van der Waals surface area contributed by atoms with Gasteiger partial charge >= 0.3 is 13.8 Å². The highest BCUT2D eigenvalue weighted by atomic mass is 31.2. The molecule has 0 radical (unpaired) electrons. The third-order valence-electron chi connectivity index (χ3n) is 4.68. The highest BCUT2D eigenvalue weighted by Gasteiger charge is 2.35. The Labute approximate surface area is 179 Å². The molecule has 0 amide bonds. The van der Waals surface area contributed by atoms with Crippen LogP contribution in [0.3, 0.4) is 0 Å². The van der Waals surface area contributed by atoms with Crippen molar-refractivity contribution >= 4 is 13.8 Å². The summed E-state index contributed by atoms with van der Waals surface area (Å²) >= 11 is 0. The van der Waals surface area contributed by atoms with Crippen LogP contribution in [-0.2, 0) is 23.4 Å². The van der Waals surface area contributed by atoms with Gasteiger partial charge in [0.05, 0.1) is 25.4 Å². The smallest absolute Gasteiger partial charge is 0.457 e. The molecule has 0 bridgehead atoms. The second-order valence-corrected chi connectivity index (χ2v) is 8.66. The van der Waals surface area contributed by atoms with Gasteiger partial charge in [-0.25, -0.2) is 4.57 Å². The summed E-state index contributed by atoms with van der Waals surface area (Å²) < 4.78 is 25.4. The van der Waals surface area contributed by atoms with Crippen molar-refractivity contribution in [2.24, 2.45) is 0 Å². The van der Waals surface area contributed by atoms with E-state index in [9.17, 15) is 9.36 Å². The molecule has 1 aliphatic rings. The van der Waals surface area contributed by atoms with E-state index >= 15 is 0 Å². The monoisotopic (exact) mass is 448 g/mol. The molecule has 0 spiro atoms. The fraction of sp³-hybridized carbons (Fsp3) is 0.762. The molecule has 1 heterocycles. The Hall–Kier alpha value is -1.02. The molecule has 3 unspecified atom stereocenters. The van der Waals surface area contributed by atoms with Crippen LogP contribution >= 0.6 is 7.82 Å². The molecule has 1 rings (SSSR count). The summed E-state index contributed by atoms with van der Waals surface area (Å²) in [7, 11) is -4.65. The highest BCUT2D eigenvalue weighted by molar-refractivity contribution is 7.46. The largest absolute Gasteiger partial charge is 0.469 e. The second kappa shape index (κ2) is 15.7. The molecule has 1 fully saturated rings. The first kappa shape index (κ1) is 27.0. The number of allylic oxidation sites excluding steroid dienone is 2. The lowest BCUT2D eigenvalue weighted by Gasteiger charge is -2.15. The Kier molecular flexibility index (Phi) is 14.2. The lowest BCUT2D eigenvalue weighted by atomic mass is 10.1. The summed E-state index contributed by atoms with van der Waals surface area (Å²) in [5.41, 5.74) is 0. The highest BCUT2D eigenvalue weighted by Crippen LogP contribution is 2.35. The Balaban J connectivity index is 1.93. The van der Waals surface area contributed by atoms with Crippen molar-refractivity contribution in [3.8, 4) is 0 Å².